The maximum atomic E-state index is 12.4. The van der Waals surface area contributed by atoms with Gasteiger partial charge in [-0.15, -0.1) is 12.4 Å². The van der Waals surface area contributed by atoms with E-state index < -0.39 is 15.8 Å². The number of anilines is 1. The summed E-state index contributed by atoms with van der Waals surface area (Å²) in [6, 6.07) is 8.55. The summed E-state index contributed by atoms with van der Waals surface area (Å²) in [4.78, 5) is 42.4. The Morgan fingerprint density at radius 2 is 1.82 bits per heavy atom. The molecule has 0 aliphatic carbocycles. The Morgan fingerprint density at radius 1 is 1.09 bits per heavy atom. The molecule has 0 bridgehead atoms. The maximum Gasteiger partial charge on any atom is 0.282 e. The van der Waals surface area contributed by atoms with Gasteiger partial charge in [-0.1, -0.05) is 22.9 Å². The number of halogens is 2. The summed E-state index contributed by atoms with van der Waals surface area (Å²) in [6.07, 6.45) is 0. The molecule has 180 valence electrons. The van der Waals surface area contributed by atoms with Crippen molar-refractivity contribution in [3.05, 3.63) is 67.2 Å². The van der Waals surface area contributed by atoms with Crippen LogP contribution in [0.5, 0.6) is 0 Å². The van der Waals surface area contributed by atoms with Crippen LogP contribution in [-0.4, -0.2) is 64.9 Å². The van der Waals surface area contributed by atoms with E-state index in [1.807, 2.05) is 0 Å². The molecule has 14 heteroatoms. The van der Waals surface area contributed by atoms with Crippen molar-refractivity contribution in [1.82, 2.24) is 15.2 Å². The number of nitro groups is 2. The number of carbonyl (C=O) groups is 1. The molecule has 34 heavy (non-hydrogen) atoms. The van der Waals surface area contributed by atoms with E-state index >= 15 is 0 Å². The minimum atomic E-state index is -0.606. The Balaban J connectivity index is 0.00000324. The normalized spacial score (nSPS) is 14.0. The Labute approximate surface area is 209 Å². The highest BCUT2D eigenvalue weighted by molar-refractivity contribution is 7.22. The topological polar surface area (TPSA) is 135 Å². The van der Waals surface area contributed by atoms with Gasteiger partial charge in [0.05, 0.1) is 20.1 Å². The van der Waals surface area contributed by atoms with Gasteiger partial charge < -0.3 is 10.2 Å². The highest BCUT2D eigenvalue weighted by atomic mass is 35.5. The number of amides is 1. The van der Waals surface area contributed by atoms with Crippen molar-refractivity contribution in [2.45, 2.75) is 0 Å². The lowest BCUT2D eigenvalue weighted by Crippen LogP contribution is -2.48. The summed E-state index contributed by atoms with van der Waals surface area (Å²) in [5, 5.41) is 25.9. The highest BCUT2D eigenvalue weighted by Gasteiger charge is 2.22. The van der Waals surface area contributed by atoms with Gasteiger partial charge in [0.2, 0.25) is 0 Å². The summed E-state index contributed by atoms with van der Waals surface area (Å²) < 4.78 is 0.777. The van der Waals surface area contributed by atoms with Crippen LogP contribution < -0.4 is 10.2 Å². The molecule has 2 heterocycles. The van der Waals surface area contributed by atoms with Crippen LogP contribution in [0, 0.1) is 20.2 Å². The van der Waals surface area contributed by atoms with Crippen molar-refractivity contribution in [2.24, 2.45) is 0 Å². The Hall–Kier alpha value is -3.06. The van der Waals surface area contributed by atoms with E-state index in [0.29, 0.717) is 13.1 Å². The van der Waals surface area contributed by atoms with E-state index in [0.717, 1.165) is 41.5 Å². The lowest BCUT2D eigenvalue weighted by molar-refractivity contribution is -0.385. The molecule has 1 aliphatic rings. The van der Waals surface area contributed by atoms with E-state index in [-0.39, 0.29) is 34.4 Å². The number of carbonyl (C=O) groups excluding carboxylic acids is 1. The second kappa shape index (κ2) is 10.9. The quantitative estimate of drug-likeness (QED) is 0.363. The molecule has 1 aliphatic heterocycles. The van der Waals surface area contributed by atoms with Crippen LogP contribution in [0.25, 0.3) is 10.2 Å². The van der Waals surface area contributed by atoms with Crippen LogP contribution in [0.3, 0.4) is 0 Å². The van der Waals surface area contributed by atoms with Crippen molar-refractivity contribution in [2.75, 3.05) is 44.2 Å². The minimum Gasteiger partial charge on any atom is -0.351 e. The third kappa shape index (κ3) is 5.70. The van der Waals surface area contributed by atoms with Gasteiger partial charge in [0.15, 0.2) is 5.13 Å². The van der Waals surface area contributed by atoms with Crippen LogP contribution in [0.1, 0.15) is 10.4 Å². The molecule has 1 saturated heterocycles. The minimum absolute atomic E-state index is 0. The molecule has 0 spiro atoms. The molecule has 1 fully saturated rings. The molecule has 0 atom stereocenters. The third-order valence-corrected chi connectivity index (χ3v) is 6.64. The van der Waals surface area contributed by atoms with E-state index in [9.17, 15) is 25.0 Å². The van der Waals surface area contributed by atoms with E-state index in [1.54, 1.807) is 12.1 Å². The Bertz CT molecular complexity index is 1230. The average molecular weight is 527 g/mol. The molecule has 11 nitrogen and oxygen atoms in total. The Kier molecular flexibility index (Phi) is 8.20. The smallest absolute Gasteiger partial charge is 0.282 e. The van der Waals surface area contributed by atoms with Gasteiger partial charge in [-0.05, 0) is 18.2 Å². The molecule has 1 aromatic heterocycles. The molecule has 0 unspecified atom stereocenters. The number of thiazole rings is 1. The van der Waals surface area contributed by atoms with Crippen LogP contribution in [0.15, 0.2) is 36.4 Å². The summed E-state index contributed by atoms with van der Waals surface area (Å²) >= 11 is 7.31. The van der Waals surface area contributed by atoms with Crippen molar-refractivity contribution < 1.29 is 14.6 Å². The second-order valence-corrected chi connectivity index (χ2v) is 8.85. The largest absolute Gasteiger partial charge is 0.351 e. The van der Waals surface area contributed by atoms with E-state index in [1.165, 1.54) is 35.6 Å². The SMILES string of the molecule is Cl.O=C(NCCN1CCN(c2nc3ccc([N+](=O)[O-])cc3s2)CC1)c1cc(Cl)ccc1[N+](=O)[O-]. The number of hydrogen-bond acceptors (Lipinski definition) is 9. The van der Waals surface area contributed by atoms with Gasteiger partial charge in [-0.2, -0.15) is 0 Å². The van der Waals surface area contributed by atoms with Crippen LogP contribution >= 0.6 is 35.3 Å². The number of fused-ring (bicyclic) bond motifs is 1. The van der Waals surface area contributed by atoms with Crippen molar-refractivity contribution in [3.8, 4) is 0 Å². The second-order valence-electron chi connectivity index (χ2n) is 7.41. The molecule has 3 aromatic rings. The standard InChI is InChI=1S/C20H19ClN6O5S.ClH/c21-13-1-4-17(27(31)32)15(11-13)19(28)22-5-6-24-7-9-25(10-8-24)20-23-16-3-2-14(26(29)30)12-18(16)33-20;/h1-4,11-12H,5-10H2,(H,22,28);1H. The number of nitrogens with one attached hydrogen (secondary N) is 1. The van der Waals surface area contributed by atoms with Crippen LogP contribution in [0.2, 0.25) is 5.02 Å². The lowest BCUT2D eigenvalue weighted by atomic mass is 10.1. The molecule has 2 aromatic carbocycles. The molecule has 4 rings (SSSR count). The predicted molar refractivity (Wildman–Crippen MR) is 133 cm³/mol. The summed E-state index contributed by atoms with van der Waals surface area (Å²) in [5.41, 5.74) is 0.439. The first-order valence-electron chi connectivity index (χ1n) is 10.1. The zero-order chi connectivity index (χ0) is 23.5. The predicted octanol–water partition coefficient (Wildman–Crippen LogP) is 3.74. The number of hydrogen-bond donors (Lipinski definition) is 1. The first-order valence-corrected chi connectivity index (χ1v) is 11.3. The van der Waals surface area contributed by atoms with E-state index in [4.69, 9.17) is 11.6 Å². The molecule has 0 saturated carbocycles. The van der Waals surface area contributed by atoms with Crippen molar-refractivity contribution in [1.29, 1.82) is 0 Å². The molecular formula is C20H20Cl2N6O5S. The highest BCUT2D eigenvalue weighted by Crippen LogP contribution is 2.31. The first kappa shape index (κ1) is 25.6. The zero-order valence-electron chi connectivity index (χ0n) is 17.7. The van der Waals surface area contributed by atoms with Gasteiger partial charge in [0.1, 0.15) is 5.56 Å². The number of non-ortho nitro benzene ring substituents is 1. The fourth-order valence-electron chi connectivity index (χ4n) is 3.58. The number of nitrogens with zero attached hydrogens (tertiary/aromatic N) is 5. The number of piperazine rings is 1. The van der Waals surface area contributed by atoms with Gasteiger partial charge >= 0.3 is 0 Å². The summed E-state index contributed by atoms with van der Waals surface area (Å²) in [6.45, 7) is 3.91. The van der Waals surface area contributed by atoms with Crippen molar-refractivity contribution in [3.63, 3.8) is 0 Å². The van der Waals surface area contributed by atoms with Gasteiger partial charge in [-0.3, -0.25) is 29.9 Å². The van der Waals surface area contributed by atoms with Crippen LogP contribution in [0.4, 0.5) is 16.5 Å². The van der Waals surface area contributed by atoms with Gasteiger partial charge in [-0.25, -0.2) is 4.98 Å². The fourth-order valence-corrected chi connectivity index (χ4v) is 4.81. The molecule has 1 N–H and O–H groups in total. The Morgan fingerprint density at radius 3 is 2.50 bits per heavy atom. The van der Waals surface area contributed by atoms with Crippen molar-refractivity contribution >= 4 is 68.0 Å². The lowest BCUT2D eigenvalue weighted by Gasteiger charge is -2.34. The number of nitro benzene ring substituents is 2. The molecule has 0 radical (unpaired) electrons. The number of benzene rings is 2. The maximum absolute atomic E-state index is 12.4. The molecule has 1 amide bonds. The van der Waals surface area contributed by atoms with Crippen LogP contribution in [-0.2, 0) is 0 Å². The van der Waals surface area contributed by atoms with Gasteiger partial charge in [0, 0.05) is 62.5 Å². The molecular weight excluding hydrogens is 507 g/mol. The number of aromatic nitrogens is 1. The summed E-state index contributed by atoms with van der Waals surface area (Å²) in [7, 11) is 0. The zero-order valence-corrected chi connectivity index (χ0v) is 20.1. The number of rotatable bonds is 7. The average Bonchev–Trinajstić information content (AvgIpc) is 3.22. The monoisotopic (exact) mass is 526 g/mol. The fraction of sp³-hybridized carbons (Fsp3) is 0.300. The van der Waals surface area contributed by atoms with E-state index in [2.05, 4.69) is 20.1 Å². The van der Waals surface area contributed by atoms with Gasteiger partial charge in [0.25, 0.3) is 17.3 Å². The third-order valence-electron chi connectivity index (χ3n) is 5.33. The first-order chi connectivity index (χ1) is 15.8. The summed E-state index contributed by atoms with van der Waals surface area (Å²) in [5.74, 6) is -0.536.